The van der Waals surface area contributed by atoms with Gasteiger partial charge in [-0.3, -0.25) is 8.80 Å². The van der Waals surface area contributed by atoms with Gasteiger partial charge in [0.2, 0.25) is 0 Å². The lowest BCUT2D eigenvalue weighted by Crippen LogP contribution is -2.37. The summed E-state index contributed by atoms with van der Waals surface area (Å²) in [5.74, 6) is 0.882. The van der Waals surface area contributed by atoms with Crippen LogP contribution >= 0.6 is 0 Å². The second-order valence-electron chi connectivity index (χ2n) is 29.7. The van der Waals surface area contributed by atoms with Crippen molar-refractivity contribution in [3.05, 3.63) is 166 Å². The van der Waals surface area contributed by atoms with Gasteiger partial charge in [-0.15, -0.1) is 0 Å². The van der Waals surface area contributed by atoms with Gasteiger partial charge in [0.05, 0.1) is 48.3 Å². The first-order chi connectivity index (χ1) is 46.9. The van der Waals surface area contributed by atoms with Crippen LogP contribution in [0.15, 0.2) is 121 Å². The predicted octanol–water partition coefficient (Wildman–Crippen LogP) is 25.8. The summed E-state index contributed by atoms with van der Waals surface area (Å²) in [5, 5.41) is 9.60. The highest BCUT2D eigenvalue weighted by atomic mass is 28.3. The quantitative estimate of drug-likeness (QED) is 0.0234. The van der Waals surface area contributed by atoms with Gasteiger partial charge in [0.1, 0.15) is 17.0 Å². The van der Waals surface area contributed by atoms with Crippen molar-refractivity contribution in [1.82, 2.24) is 18.8 Å². The third-order valence-corrected chi connectivity index (χ3v) is 23.6. The lowest BCUT2D eigenvalue weighted by atomic mass is 9.91. The lowest BCUT2D eigenvalue weighted by Gasteiger charge is -2.21. The van der Waals surface area contributed by atoms with E-state index in [2.05, 4.69) is 205 Å². The van der Waals surface area contributed by atoms with Crippen molar-refractivity contribution >= 4 is 90.0 Å². The number of hydrogen-bond donors (Lipinski definition) is 0. The number of hydrogen-bond acceptors (Lipinski definition) is 3. The smallest absolute Gasteiger partial charge is 0.145 e. The molecule has 0 fully saturated rings. The molecule has 6 heteroatoms. The SMILES string of the molecule is CCCCCc1c(CCCCC)c2cc3c(CCCC)cc(-c4cc(-c5cc(CCCC)c6cc7c(CCCCC)c(CCCCC)c8cc9c(CCCC)cc(-c%10ccc(OC)cc%10)cc9n8c7nc6c5)cc([Si](C)(C)C)c4)cc3n2c2nc3cccc(CCCC)c3cc12. The molecule has 6 heterocycles. The number of methoxy groups -OCH3 is 1. The van der Waals surface area contributed by atoms with Crippen molar-refractivity contribution in [1.29, 1.82) is 0 Å². The molecule has 12 rings (SSSR count). The maximum Gasteiger partial charge on any atom is 0.145 e. The third-order valence-electron chi connectivity index (χ3n) is 21.6. The Kier molecular flexibility index (Phi) is 22.2. The van der Waals surface area contributed by atoms with Crippen molar-refractivity contribution < 1.29 is 4.74 Å². The number of aromatic nitrogens is 4. The van der Waals surface area contributed by atoms with Crippen LogP contribution in [-0.4, -0.2) is 34.0 Å². The van der Waals surface area contributed by atoms with Crippen LogP contribution in [-0.2, 0) is 51.4 Å². The number of benzene rings is 6. The largest absolute Gasteiger partial charge is 0.497 e. The molecular weight excluding hydrogens is 1180 g/mol. The number of aryl methyl sites for hydroxylation is 8. The first kappa shape index (κ1) is 68.6. The Hall–Kier alpha value is -7.28. The highest BCUT2D eigenvalue weighted by Gasteiger charge is 2.26. The number of pyridine rings is 4. The number of rotatable bonds is 33. The molecule has 5 nitrogen and oxygen atoms in total. The third kappa shape index (κ3) is 14.1. The van der Waals surface area contributed by atoms with E-state index in [0.717, 1.165) is 118 Å². The molecule has 0 radical (unpaired) electrons. The zero-order valence-electron chi connectivity index (χ0n) is 61.0. The molecule has 0 amide bonds. The Morgan fingerprint density at radius 3 is 1.16 bits per heavy atom. The maximum atomic E-state index is 6.14. The molecule has 0 N–H and O–H groups in total. The first-order valence-corrected chi connectivity index (χ1v) is 41.9. The minimum absolute atomic E-state index is 0.882. The maximum absolute atomic E-state index is 6.14. The minimum Gasteiger partial charge on any atom is -0.497 e. The Labute approximate surface area is 576 Å². The average Bonchev–Trinajstić information content (AvgIpc) is 1.48. The summed E-state index contributed by atoms with van der Waals surface area (Å²) >= 11 is 0. The Morgan fingerprint density at radius 2 is 0.708 bits per heavy atom. The topological polar surface area (TPSA) is 43.8 Å². The average molecular weight is 1290 g/mol. The molecular formula is C90H112N4OSi. The molecule has 0 spiro atoms. The van der Waals surface area contributed by atoms with Crippen molar-refractivity contribution in [2.24, 2.45) is 0 Å². The van der Waals surface area contributed by atoms with Gasteiger partial charge in [-0.05, 0) is 247 Å². The van der Waals surface area contributed by atoms with Crippen LogP contribution in [0.5, 0.6) is 5.75 Å². The van der Waals surface area contributed by atoms with Crippen LogP contribution in [0.2, 0.25) is 19.6 Å². The first-order valence-electron chi connectivity index (χ1n) is 38.4. The molecule has 0 aliphatic rings. The van der Waals surface area contributed by atoms with Crippen LogP contribution in [0, 0.1) is 0 Å². The van der Waals surface area contributed by atoms with Gasteiger partial charge in [0, 0.05) is 32.3 Å². The van der Waals surface area contributed by atoms with Crippen molar-refractivity contribution in [3.8, 4) is 39.1 Å². The van der Waals surface area contributed by atoms with E-state index in [0.29, 0.717) is 0 Å². The molecule has 0 saturated carbocycles. The summed E-state index contributed by atoms with van der Waals surface area (Å²) in [7, 11) is -0.140. The summed E-state index contributed by atoms with van der Waals surface area (Å²) in [5.41, 5.74) is 29.3. The number of fused-ring (bicyclic) bond motifs is 12. The second kappa shape index (κ2) is 31.1. The van der Waals surface area contributed by atoms with Gasteiger partial charge in [0.25, 0.3) is 0 Å². The summed E-state index contributed by atoms with van der Waals surface area (Å²) < 4.78 is 11.0. The molecule has 0 bridgehead atoms. The fourth-order valence-electron chi connectivity index (χ4n) is 16.0. The van der Waals surface area contributed by atoms with E-state index in [9.17, 15) is 0 Å². The highest BCUT2D eigenvalue weighted by molar-refractivity contribution is 6.88. The Balaban J connectivity index is 1.13. The van der Waals surface area contributed by atoms with Crippen LogP contribution in [0.1, 0.15) is 228 Å². The summed E-state index contributed by atoms with van der Waals surface area (Å²) in [4.78, 5) is 12.0. The van der Waals surface area contributed by atoms with Gasteiger partial charge in [-0.2, -0.15) is 0 Å². The van der Waals surface area contributed by atoms with Gasteiger partial charge < -0.3 is 4.74 Å². The fraction of sp³-hybridized carbons (Fsp3) is 0.444. The number of unbranched alkanes of at least 4 members (excludes halogenated alkanes) is 12. The van der Waals surface area contributed by atoms with E-state index in [1.165, 1.54) is 216 Å². The van der Waals surface area contributed by atoms with E-state index < -0.39 is 8.07 Å². The predicted molar refractivity (Wildman–Crippen MR) is 422 cm³/mol. The van der Waals surface area contributed by atoms with E-state index in [1.54, 1.807) is 18.2 Å². The molecule has 0 unspecified atom stereocenters. The molecule has 96 heavy (non-hydrogen) atoms. The van der Waals surface area contributed by atoms with Gasteiger partial charge in [-0.1, -0.05) is 212 Å². The molecule has 502 valence electrons. The van der Waals surface area contributed by atoms with Crippen LogP contribution in [0.25, 0.3) is 110 Å². The summed E-state index contributed by atoms with van der Waals surface area (Å²) in [6.07, 6.45) is 32.3. The second-order valence-corrected chi connectivity index (χ2v) is 34.8. The van der Waals surface area contributed by atoms with Gasteiger partial charge in [-0.25, -0.2) is 9.97 Å². The number of ether oxygens (including phenoxy) is 1. The monoisotopic (exact) mass is 1290 g/mol. The fourth-order valence-corrected chi connectivity index (χ4v) is 17.2. The molecule has 0 saturated heterocycles. The molecule has 0 atom stereocenters. The minimum atomic E-state index is -1.90. The van der Waals surface area contributed by atoms with Gasteiger partial charge in [0.15, 0.2) is 0 Å². The molecule has 0 aliphatic heterocycles. The van der Waals surface area contributed by atoms with E-state index >= 15 is 0 Å². The zero-order valence-corrected chi connectivity index (χ0v) is 62.0. The Morgan fingerprint density at radius 1 is 0.312 bits per heavy atom. The molecule has 6 aromatic heterocycles. The standard InChI is InChI=1S/C90H112N4OSi/c1-13-21-29-39-73-75(41-31-23-15-3)87-60-80-65(37-28-20-8)50-70(56-86(80)93(87)89-81(73)57-77-62(34-25-17-5)38-33-43-83(77)91-89)67-51-66(52-72(53-67)96(10,11)12)68-48-63(35-26-18-6)78-58-82-74(40-30-22-14-2)76(42-32-24-16-4)88-59-79-64(36-27-19-7)49-69(61-44-46-71(95-9)47-45-61)55-85(79)94(88)90(82)92-84(78)54-68/h33,38,43-60H,13-32,34-37,39-42H2,1-12H3. The normalized spacial score (nSPS) is 12.3. The molecule has 12 aromatic rings. The van der Waals surface area contributed by atoms with Crippen molar-refractivity contribution in [2.45, 2.75) is 255 Å². The van der Waals surface area contributed by atoms with Gasteiger partial charge >= 0.3 is 0 Å². The van der Waals surface area contributed by atoms with Crippen molar-refractivity contribution in [2.75, 3.05) is 7.11 Å². The van der Waals surface area contributed by atoms with Crippen LogP contribution in [0.4, 0.5) is 0 Å². The van der Waals surface area contributed by atoms with E-state index in [-0.39, 0.29) is 0 Å². The van der Waals surface area contributed by atoms with Crippen LogP contribution < -0.4 is 9.92 Å². The molecule has 0 aliphatic carbocycles. The Bertz CT molecular complexity index is 4720. The van der Waals surface area contributed by atoms with E-state index in [1.807, 2.05) is 0 Å². The van der Waals surface area contributed by atoms with E-state index in [4.69, 9.17) is 14.7 Å². The van der Waals surface area contributed by atoms with Crippen molar-refractivity contribution in [3.63, 3.8) is 0 Å². The lowest BCUT2D eigenvalue weighted by molar-refractivity contribution is 0.415. The molecule has 6 aromatic carbocycles. The highest BCUT2D eigenvalue weighted by Crippen LogP contribution is 2.43. The zero-order chi connectivity index (χ0) is 67.0. The summed E-state index contributed by atoms with van der Waals surface area (Å²) in [6, 6.07) is 49.0. The number of nitrogens with zero attached hydrogens (tertiary/aromatic N) is 4. The van der Waals surface area contributed by atoms with Crippen LogP contribution in [0.3, 0.4) is 0 Å². The summed E-state index contributed by atoms with van der Waals surface area (Å²) in [6.45, 7) is 26.4.